The molecule has 108 valence electrons. The molecule has 0 aromatic heterocycles. The molecule has 0 amide bonds. The number of nitrogens with one attached hydrogen (secondary N) is 2. The highest BCUT2D eigenvalue weighted by Crippen LogP contribution is 2.14. The van der Waals surface area contributed by atoms with E-state index in [0.717, 1.165) is 39.0 Å². The van der Waals surface area contributed by atoms with Crippen LogP contribution in [0.4, 0.5) is 0 Å². The standard InChI is InChI=1S/C12H26N2O3S/c1-3-6-13-9-11(2)18(15,16)14-10-12-4-7-17-8-5-12/h11-14H,3-10H2,1-2H3. The molecule has 0 aromatic carbocycles. The molecular formula is C12H26N2O3S. The third-order valence-electron chi connectivity index (χ3n) is 3.30. The zero-order valence-electron chi connectivity index (χ0n) is 11.4. The van der Waals surface area contributed by atoms with Crippen molar-refractivity contribution >= 4 is 10.0 Å². The third-order valence-corrected chi connectivity index (χ3v) is 5.10. The van der Waals surface area contributed by atoms with Crippen LogP contribution < -0.4 is 10.0 Å². The van der Waals surface area contributed by atoms with E-state index in [1.54, 1.807) is 6.92 Å². The van der Waals surface area contributed by atoms with E-state index in [2.05, 4.69) is 17.0 Å². The fraction of sp³-hybridized carbons (Fsp3) is 1.00. The van der Waals surface area contributed by atoms with Crippen LogP contribution in [-0.4, -0.2) is 46.5 Å². The molecule has 1 saturated heterocycles. The second-order valence-electron chi connectivity index (χ2n) is 4.96. The first-order valence-corrected chi connectivity index (χ1v) is 8.37. The van der Waals surface area contributed by atoms with Gasteiger partial charge in [-0.2, -0.15) is 0 Å². The SMILES string of the molecule is CCCNCC(C)S(=O)(=O)NCC1CCOCC1. The van der Waals surface area contributed by atoms with Crippen molar-refractivity contribution in [2.24, 2.45) is 5.92 Å². The molecule has 1 heterocycles. The molecule has 0 spiro atoms. The van der Waals surface area contributed by atoms with Crippen LogP contribution in [-0.2, 0) is 14.8 Å². The normalized spacial score (nSPS) is 19.9. The van der Waals surface area contributed by atoms with Gasteiger partial charge in [0.15, 0.2) is 0 Å². The number of rotatable bonds is 8. The van der Waals surface area contributed by atoms with Gasteiger partial charge < -0.3 is 10.1 Å². The Hall–Kier alpha value is -0.170. The average molecular weight is 278 g/mol. The van der Waals surface area contributed by atoms with E-state index in [9.17, 15) is 8.42 Å². The molecule has 5 nitrogen and oxygen atoms in total. The fourth-order valence-electron chi connectivity index (χ4n) is 1.92. The number of hydrogen-bond acceptors (Lipinski definition) is 4. The van der Waals surface area contributed by atoms with E-state index in [-0.39, 0.29) is 5.25 Å². The summed E-state index contributed by atoms with van der Waals surface area (Å²) in [5, 5.41) is 2.75. The Morgan fingerprint density at radius 3 is 2.61 bits per heavy atom. The minimum absolute atomic E-state index is 0.385. The zero-order chi connectivity index (χ0) is 13.4. The van der Waals surface area contributed by atoms with Crippen LogP contribution in [0, 0.1) is 5.92 Å². The number of hydrogen-bond donors (Lipinski definition) is 2. The van der Waals surface area contributed by atoms with Gasteiger partial charge in [0.2, 0.25) is 10.0 Å². The summed E-state index contributed by atoms with van der Waals surface area (Å²) in [4.78, 5) is 0. The third kappa shape index (κ3) is 5.65. The number of ether oxygens (including phenoxy) is 1. The summed E-state index contributed by atoms with van der Waals surface area (Å²) in [6.07, 6.45) is 2.91. The lowest BCUT2D eigenvalue weighted by Gasteiger charge is -2.23. The summed E-state index contributed by atoms with van der Waals surface area (Å²) in [6.45, 7) is 7.23. The van der Waals surface area contributed by atoms with Crippen LogP contribution in [0.25, 0.3) is 0 Å². The van der Waals surface area contributed by atoms with Crippen LogP contribution >= 0.6 is 0 Å². The van der Waals surface area contributed by atoms with Crippen LogP contribution in [0.3, 0.4) is 0 Å². The molecule has 0 bridgehead atoms. The van der Waals surface area contributed by atoms with Crippen molar-refractivity contribution < 1.29 is 13.2 Å². The van der Waals surface area contributed by atoms with Crippen molar-refractivity contribution in [3.05, 3.63) is 0 Å². The molecule has 0 aliphatic carbocycles. The van der Waals surface area contributed by atoms with Gasteiger partial charge in [-0.1, -0.05) is 6.92 Å². The summed E-state index contributed by atoms with van der Waals surface area (Å²) in [6, 6.07) is 0. The summed E-state index contributed by atoms with van der Waals surface area (Å²) in [7, 11) is -3.19. The Bertz CT molecular complexity index is 313. The minimum atomic E-state index is -3.19. The van der Waals surface area contributed by atoms with E-state index < -0.39 is 10.0 Å². The Kier molecular flexibility index (Phi) is 7.14. The van der Waals surface area contributed by atoms with E-state index in [1.165, 1.54) is 0 Å². The molecule has 1 rings (SSSR count). The molecule has 0 aromatic rings. The molecule has 2 N–H and O–H groups in total. The van der Waals surface area contributed by atoms with Crippen molar-refractivity contribution in [1.82, 2.24) is 10.0 Å². The minimum Gasteiger partial charge on any atom is -0.381 e. The summed E-state index contributed by atoms with van der Waals surface area (Å²) in [5.74, 6) is 0.421. The van der Waals surface area contributed by atoms with Gasteiger partial charge in [-0.15, -0.1) is 0 Å². The Morgan fingerprint density at radius 2 is 2.00 bits per heavy atom. The van der Waals surface area contributed by atoms with Gasteiger partial charge >= 0.3 is 0 Å². The van der Waals surface area contributed by atoms with Crippen LogP contribution in [0.15, 0.2) is 0 Å². The lowest BCUT2D eigenvalue weighted by atomic mass is 10.0. The Labute approximate surface area is 111 Å². The first-order valence-electron chi connectivity index (χ1n) is 6.83. The molecule has 0 radical (unpaired) electrons. The van der Waals surface area contributed by atoms with Crippen molar-refractivity contribution in [2.75, 3.05) is 32.8 Å². The maximum absolute atomic E-state index is 12.0. The fourth-order valence-corrected chi connectivity index (χ4v) is 3.01. The van der Waals surface area contributed by atoms with Gasteiger partial charge in [0, 0.05) is 26.3 Å². The smallest absolute Gasteiger partial charge is 0.215 e. The van der Waals surface area contributed by atoms with Gasteiger partial charge in [0.1, 0.15) is 0 Å². The quantitative estimate of drug-likeness (QED) is 0.642. The molecule has 1 fully saturated rings. The first-order chi connectivity index (χ1) is 8.56. The highest BCUT2D eigenvalue weighted by atomic mass is 32.2. The molecule has 0 saturated carbocycles. The molecule has 1 aliphatic rings. The van der Waals surface area contributed by atoms with Crippen molar-refractivity contribution in [3.63, 3.8) is 0 Å². The van der Waals surface area contributed by atoms with Crippen LogP contribution in [0.5, 0.6) is 0 Å². The van der Waals surface area contributed by atoms with Gasteiger partial charge in [-0.25, -0.2) is 13.1 Å². The van der Waals surface area contributed by atoms with E-state index >= 15 is 0 Å². The van der Waals surface area contributed by atoms with Crippen molar-refractivity contribution in [3.8, 4) is 0 Å². The summed E-state index contributed by atoms with van der Waals surface area (Å²) in [5.41, 5.74) is 0. The molecule has 1 atom stereocenters. The highest BCUT2D eigenvalue weighted by molar-refractivity contribution is 7.90. The Balaban J connectivity index is 2.28. The highest BCUT2D eigenvalue weighted by Gasteiger charge is 2.22. The van der Waals surface area contributed by atoms with Crippen molar-refractivity contribution in [1.29, 1.82) is 0 Å². The van der Waals surface area contributed by atoms with Crippen LogP contribution in [0.2, 0.25) is 0 Å². The zero-order valence-corrected chi connectivity index (χ0v) is 12.3. The Morgan fingerprint density at radius 1 is 1.33 bits per heavy atom. The second-order valence-corrected chi connectivity index (χ2v) is 7.15. The molecule has 6 heteroatoms. The maximum atomic E-state index is 12.0. The predicted molar refractivity (Wildman–Crippen MR) is 73.1 cm³/mol. The van der Waals surface area contributed by atoms with E-state index in [0.29, 0.717) is 19.0 Å². The van der Waals surface area contributed by atoms with E-state index in [4.69, 9.17) is 4.74 Å². The lowest BCUT2D eigenvalue weighted by Crippen LogP contribution is -2.41. The van der Waals surface area contributed by atoms with Gasteiger partial charge in [-0.05, 0) is 38.6 Å². The van der Waals surface area contributed by atoms with Gasteiger partial charge in [-0.3, -0.25) is 0 Å². The van der Waals surface area contributed by atoms with Gasteiger partial charge in [0.25, 0.3) is 0 Å². The summed E-state index contributed by atoms with van der Waals surface area (Å²) >= 11 is 0. The van der Waals surface area contributed by atoms with Crippen LogP contribution in [0.1, 0.15) is 33.1 Å². The summed E-state index contributed by atoms with van der Waals surface area (Å²) < 4.78 is 32.0. The molecule has 1 unspecified atom stereocenters. The molecule has 18 heavy (non-hydrogen) atoms. The maximum Gasteiger partial charge on any atom is 0.215 e. The largest absolute Gasteiger partial charge is 0.381 e. The lowest BCUT2D eigenvalue weighted by molar-refractivity contribution is 0.0678. The molecule has 1 aliphatic heterocycles. The predicted octanol–water partition coefficient (Wildman–Crippen LogP) is 0.721. The van der Waals surface area contributed by atoms with E-state index in [1.807, 2.05) is 0 Å². The topological polar surface area (TPSA) is 67.4 Å². The van der Waals surface area contributed by atoms with Gasteiger partial charge in [0.05, 0.1) is 5.25 Å². The van der Waals surface area contributed by atoms with Crippen molar-refractivity contribution in [2.45, 2.75) is 38.4 Å². The number of sulfonamides is 1. The first kappa shape index (κ1) is 15.9. The second kappa shape index (κ2) is 8.09. The monoisotopic (exact) mass is 278 g/mol. The molecular weight excluding hydrogens is 252 g/mol. The average Bonchev–Trinajstić information content (AvgIpc) is 2.38.